The van der Waals surface area contributed by atoms with Crippen LogP contribution in [0, 0.1) is 12.7 Å². The molecule has 0 saturated heterocycles. The molecule has 1 amide bonds. The molecular weight excluding hydrogens is 297 g/mol. The van der Waals surface area contributed by atoms with Crippen molar-refractivity contribution in [3.8, 4) is 0 Å². The summed E-state index contributed by atoms with van der Waals surface area (Å²) in [6, 6.07) is 12.5. The summed E-state index contributed by atoms with van der Waals surface area (Å²) < 4.78 is 14.5. The van der Waals surface area contributed by atoms with Gasteiger partial charge in [-0.2, -0.15) is 0 Å². The predicted molar refractivity (Wildman–Crippen MR) is 89.0 cm³/mol. The number of fused-ring (bicyclic) bond motifs is 1. The Morgan fingerprint density at radius 1 is 1.23 bits per heavy atom. The van der Waals surface area contributed by atoms with E-state index in [1.807, 2.05) is 12.1 Å². The van der Waals surface area contributed by atoms with Crippen LogP contribution in [0.5, 0.6) is 0 Å². The summed E-state index contributed by atoms with van der Waals surface area (Å²) in [5.74, 6) is -0.615. The molecule has 3 rings (SSSR count). The SMILES string of the molecule is Cc1ccc(F)cc1C(=O)NCCc1csc2ccccc12. The Morgan fingerprint density at radius 2 is 2.05 bits per heavy atom. The first-order chi connectivity index (χ1) is 10.6. The molecule has 0 aliphatic rings. The zero-order chi connectivity index (χ0) is 15.5. The number of carbonyl (C=O) groups is 1. The second kappa shape index (κ2) is 6.28. The molecule has 1 aromatic heterocycles. The molecule has 1 heterocycles. The van der Waals surface area contributed by atoms with Crippen LogP contribution in [0.4, 0.5) is 4.39 Å². The highest BCUT2D eigenvalue weighted by Gasteiger charge is 2.10. The summed E-state index contributed by atoms with van der Waals surface area (Å²) in [5.41, 5.74) is 2.41. The molecule has 1 N–H and O–H groups in total. The van der Waals surface area contributed by atoms with Crippen LogP contribution in [0.3, 0.4) is 0 Å². The lowest BCUT2D eigenvalue weighted by atomic mass is 10.1. The Labute approximate surface area is 132 Å². The van der Waals surface area contributed by atoms with E-state index in [9.17, 15) is 9.18 Å². The van der Waals surface area contributed by atoms with Crippen LogP contribution in [0.25, 0.3) is 10.1 Å². The molecule has 3 aromatic rings. The van der Waals surface area contributed by atoms with Crippen molar-refractivity contribution in [3.05, 3.63) is 70.4 Å². The maximum Gasteiger partial charge on any atom is 0.251 e. The Morgan fingerprint density at radius 3 is 2.91 bits per heavy atom. The maximum atomic E-state index is 13.2. The van der Waals surface area contributed by atoms with E-state index < -0.39 is 0 Å². The first-order valence-corrected chi connectivity index (χ1v) is 8.02. The highest BCUT2D eigenvalue weighted by molar-refractivity contribution is 7.17. The van der Waals surface area contributed by atoms with E-state index in [0.29, 0.717) is 12.1 Å². The molecule has 0 aliphatic carbocycles. The Bertz CT molecular complexity index is 825. The third kappa shape index (κ3) is 3.02. The monoisotopic (exact) mass is 313 g/mol. The van der Waals surface area contributed by atoms with Gasteiger partial charge in [-0.05, 0) is 53.4 Å². The molecule has 22 heavy (non-hydrogen) atoms. The molecular formula is C18H16FNOS. The van der Waals surface area contributed by atoms with Gasteiger partial charge in [0.1, 0.15) is 5.82 Å². The van der Waals surface area contributed by atoms with Gasteiger partial charge >= 0.3 is 0 Å². The van der Waals surface area contributed by atoms with Crippen molar-refractivity contribution < 1.29 is 9.18 Å². The average Bonchev–Trinajstić information content (AvgIpc) is 2.93. The van der Waals surface area contributed by atoms with Gasteiger partial charge in [0.25, 0.3) is 5.91 Å². The lowest BCUT2D eigenvalue weighted by Gasteiger charge is -2.07. The van der Waals surface area contributed by atoms with Crippen molar-refractivity contribution in [2.24, 2.45) is 0 Å². The third-order valence-electron chi connectivity index (χ3n) is 3.69. The molecule has 0 atom stereocenters. The number of halogens is 1. The molecule has 2 nitrogen and oxygen atoms in total. The van der Waals surface area contributed by atoms with Gasteiger partial charge in [-0.1, -0.05) is 24.3 Å². The summed E-state index contributed by atoms with van der Waals surface area (Å²) in [6.07, 6.45) is 0.768. The van der Waals surface area contributed by atoms with E-state index in [2.05, 4.69) is 22.8 Å². The minimum Gasteiger partial charge on any atom is -0.352 e. The lowest BCUT2D eigenvalue weighted by molar-refractivity contribution is 0.0953. The van der Waals surface area contributed by atoms with Crippen LogP contribution in [0.2, 0.25) is 0 Å². The zero-order valence-electron chi connectivity index (χ0n) is 12.2. The highest BCUT2D eigenvalue weighted by Crippen LogP contribution is 2.25. The largest absolute Gasteiger partial charge is 0.352 e. The minimum absolute atomic E-state index is 0.225. The van der Waals surface area contributed by atoms with Crippen molar-refractivity contribution in [2.75, 3.05) is 6.54 Å². The Kier molecular flexibility index (Phi) is 4.20. The summed E-state index contributed by atoms with van der Waals surface area (Å²) in [6.45, 7) is 2.34. The molecule has 112 valence electrons. The second-order valence-electron chi connectivity index (χ2n) is 5.22. The average molecular weight is 313 g/mol. The number of nitrogens with one attached hydrogen (secondary N) is 1. The smallest absolute Gasteiger partial charge is 0.251 e. The fourth-order valence-electron chi connectivity index (χ4n) is 2.47. The van der Waals surface area contributed by atoms with Gasteiger partial charge in [0.05, 0.1) is 0 Å². The quantitative estimate of drug-likeness (QED) is 0.763. The summed E-state index contributed by atoms with van der Waals surface area (Å²) in [7, 11) is 0. The van der Waals surface area contributed by atoms with E-state index in [-0.39, 0.29) is 11.7 Å². The highest BCUT2D eigenvalue weighted by atomic mass is 32.1. The molecule has 2 aromatic carbocycles. The number of hydrogen-bond donors (Lipinski definition) is 1. The van der Waals surface area contributed by atoms with Gasteiger partial charge in [-0.25, -0.2) is 4.39 Å². The number of benzene rings is 2. The molecule has 0 fully saturated rings. The van der Waals surface area contributed by atoms with Crippen LogP contribution in [0.15, 0.2) is 47.8 Å². The standard InChI is InChI=1S/C18H16FNOS/c1-12-6-7-14(19)10-16(12)18(21)20-9-8-13-11-22-17-5-3-2-4-15(13)17/h2-7,10-11H,8-9H2,1H3,(H,20,21). The second-order valence-corrected chi connectivity index (χ2v) is 6.13. The van der Waals surface area contributed by atoms with E-state index in [1.54, 1.807) is 24.3 Å². The summed E-state index contributed by atoms with van der Waals surface area (Å²) in [5, 5.41) is 6.24. The van der Waals surface area contributed by atoms with Crippen LogP contribution in [0.1, 0.15) is 21.5 Å². The lowest BCUT2D eigenvalue weighted by Crippen LogP contribution is -2.26. The first kappa shape index (κ1) is 14.7. The zero-order valence-corrected chi connectivity index (χ0v) is 13.0. The van der Waals surface area contributed by atoms with Crippen LogP contribution in [-0.4, -0.2) is 12.5 Å². The number of hydrogen-bond acceptors (Lipinski definition) is 2. The number of carbonyl (C=O) groups excluding carboxylic acids is 1. The number of amides is 1. The van der Waals surface area contributed by atoms with Crippen molar-refractivity contribution in [1.82, 2.24) is 5.32 Å². The van der Waals surface area contributed by atoms with Gasteiger partial charge < -0.3 is 5.32 Å². The Balaban J connectivity index is 1.65. The van der Waals surface area contributed by atoms with Gasteiger partial charge in [-0.15, -0.1) is 11.3 Å². The normalized spacial score (nSPS) is 10.8. The molecule has 4 heteroatoms. The van der Waals surface area contributed by atoms with Crippen LogP contribution < -0.4 is 5.32 Å². The molecule has 0 unspecified atom stereocenters. The number of aryl methyl sites for hydroxylation is 1. The van der Waals surface area contributed by atoms with E-state index in [0.717, 1.165) is 12.0 Å². The van der Waals surface area contributed by atoms with Crippen molar-refractivity contribution in [1.29, 1.82) is 0 Å². The van der Waals surface area contributed by atoms with Crippen molar-refractivity contribution in [3.63, 3.8) is 0 Å². The fourth-order valence-corrected chi connectivity index (χ4v) is 3.47. The molecule has 0 spiro atoms. The Hall–Kier alpha value is -2.20. The van der Waals surface area contributed by atoms with Crippen LogP contribution in [-0.2, 0) is 6.42 Å². The fraction of sp³-hybridized carbons (Fsp3) is 0.167. The minimum atomic E-state index is -0.389. The maximum absolute atomic E-state index is 13.2. The third-order valence-corrected chi connectivity index (χ3v) is 4.70. The van der Waals surface area contributed by atoms with Crippen molar-refractivity contribution >= 4 is 27.3 Å². The van der Waals surface area contributed by atoms with E-state index >= 15 is 0 Å². The topological polar surface area (TPSA) is 29.1 Å². The van der Waals surface area contributed by atoms with Crippen LogP contribution >= 0.6 is 11.3 Å². The first-order valence-electron chi connectivity index (χ1n) is 7.14. The predicted octanol–water partition coefficient (Wildman–Crippen LogP) is 4.32. The molecule has 0 saturated carbocycles. The van der Waals surface area contributed by atoms with Gasteiger partial charge in [-0.3, -0.25) is 4.79 Å². The van der Waals surface area contributed by atoms with E-state index in [4.69, 9.17) is 0 Å². The van der Waals surface area contributed by atoms with Gasteiger partial charge in [0.15, 0.2) is 0 Å². The van der Waals surface area contributed by atoms with Gasteiger partial charge in [0.2, 0.25) is 0 Å². The number of rotatable bonds is 4. The molecule has 0 bridgehead atoms. The molecule has 0 aliphatic heterocycles. The number of thiophene rings is 1. The van der Waals surface area contributed by atoms with Crippen molar-refractivity contribution in [2.45, 2.75) is 13.3 Å². The van der Waals surface area contributed by atoms with E-state index in [1.165, 1.54) is 27.8 Å². The summed E-state index contributed by atoms with van der Waals surface area (Å²) in [4.78, 5) is 12.1. The summed E-state index contributed by atoms with van der Waals surface area (Å²) >= 11 is 1.71. The van der Waals surface area contributed by atoms with Gasteiger partial charge in [0, 0.05) is 16.8 Å². The molecule has 0 radical (unpaired) electrons.